The summed E-state index contributed by atoms with van der Waals surface area (Å²) in [4.78, 5) is 15.8. The van der Waals surface area contributed by atoms with Gasteiger partial charge in [0.15, 0.2) is 0 Å². The zero-order valence-corrected chi connectivity index (χ0v) is 16.3. The van der Waals surface area contributed by atoms with Crippen LogP contribution in [0.3, 0.4) is 0 Å². The Morgan fingerprint density at radius 2 is 1.78 bits per heavy atom. The van der Waals surface area contributed by atoms with Gasteiger partial charge in [-0.1, -0.05) is 30.3 Å². The second kappa shape index (κ2) is 6.89. The first-order valence-electron chi connectivity index (χ1n) is 10.8. The molecule has 0 radical (unpaired) electrons. The van der Waals surface area contributed by atoms with Gasteiger partial charge < -0.3 is 10.1 Å². The Balaban J connectivity index is 1.29. The van der Waals surface area contributed by atoms with Crippen LogP contribution in [0.25, 0.3) is 0 Å². The maximum absolute atomic E-state index is 13.4. The number of nitrogens with one attached hydrogen (secondary N) is 1. The minimum Gasteiger partial charge on any atom is -0.379 e. The summed E-state index contributed by atoms with van der Waals surface area (Å²) in [5.74, 6) is 1.80. The molecule has 4 aliphatic carbocycles. The molecule has 146 valence electrons. The van der Waals surface area contributed by atoms with Gasteiger partial charge in [-0.2, -0.15) is 0 Å². The third-order valence-electron chi connectivity index (χ3n) is 7.75. The maximum Gasteiger partial charge on any atom is 0.226 e. The highest BCUT2D eigenvalue weighted by Crippen LogP contribution is 2.65. The molecule has 1 aromatic rings. The van der Waals surface area contributed by atoms with E-state index in [4.69, 9.17) is 4.74 Å². The van der Waals surface area contributed by atoms with E-state index in [0.717, 1.165) is 70.5 Å². The molecule has 1 N–H and O–H groups in total. The van der Waals surface area contributed by atoms with Crippen molar-refractivity contribution >= 4 is 5.91 Å². The highest BCUT2D eigenvalue weighted by atomic mass is 16.5. The van der Waals surface area contributed by atoms with E-state index in [1.165, 1.54) is 24.8 Å². The number of amides is 1. The smallest absolute Gasteiger partial charge is 0.226 e. The normalized spacial score (nSPS) is 38.1. The summed E-state index contributed by atoms with van der Waals surface area (Å²) in [7, 11) is 0. The largest absolute Gasteiger partial charge is 0.379 e. The molecule has 0 unspecified atom stereocenters. The molecule has 0 aromatic heterocycles. The lowest BCUT2D eigenvalue weighted by Gasteiger charge is -2.61. The summed E-state index contributed by atoms with van der Waals surface area (Å²) in [5, 5.41) is 3.33. The van der Waals surface area contributed by atoms with Crippen molar-refractivity contribution in [1.29, 1.82) is 0 Å². The van der Waals surface area contributed by atoms with Crippen molar-refractivity contribution in [3.05, 3.63) is 35.9 Å². The number of rotatable bonds is 5. The van der Waals surface area contributed by atoms with Crippen LogP contribution in [-0.4, -0.2) is 50.2 Å². The molecule has 4 heteroatoms. The van der Waals surface area contributed by atoms with Crippen molar-refractivity contribution in [2.24, 2.45) is 17.3 Å². The number of carbonyl (C=O) groups excluding carboxylic acids is 1. The molecule has 4 nitrogen and oxygen atoms in total. The summed E-state index contributed by atoms with van der Waals surface area (Å²) in [5.41, 5.74) is 1.60. The number of benzene rings is 1. The lowest BCUT2D eigenvalue weighted by Crippen LogP contribution is -2.59. The van der Waals surface area contributed by atoms with Crippen LogP contribution in [0.5, 0.6) is 0 Å². The number of morpholine rings is 1. The van der Waals surface area contributed by atoms with Crippen molar-refractivity contribution in [1.82, 2.24) is 10.2 Å². The highest BCUT2D eigenvalue weighted by Gasteiger charge is 2.60. The van der Waals surface area contributed by atoms with E-state index in [0.29, 0.717) is 5.91 Å². The van der Waals surface area contributed by atoms with Gasteiger partial charge in [0.05, 0.1) is 18.6 Å². The first-order chi connectivity index (χ1) is 13.2. The van der Waals surface area contributed by atoms with Crippen molar-refractivity contribution in [3.63, 3.8) is 0 Å². The Morgan fingerprint density at radius 1 is 1.07 bits per heavy atom. The third kappa shape index (κ3) is 3.21. The molecule has 2 atom stereocenters. The molecule has 4 saturated carbocycles. The van der Waals surface area contributed by atoms with E-state index in [-0.39, 0.29) is 10.8 Å². The van der Waals surface area contributed by atoms with E-state index in [1.807, 2.05) is 0 Å². The fraction of sp³-hybridized carbons (Fsp3) is 0.696. The van der Waals surface area contributed by atoms with Gasteiger partial charge in [0, 0.05) is 26.2 Å². The summed E-state index contributed by atoms with van der Waals surface area (Å²) < 4.78 is 5.42. The minimum atomic E-state index is -0.120. The Kier molecular flexibility index (Phi) is 4.52. The minimum absolute atomic E-state index is 0.120. The topological polar surface area (TPSA) is 41.6 Å². The van der Waals surface area contributed by atoms with Crippen LogP contribution in [0.1, 0.15) is 44.1 Å². The molecule has 4 bridgehead atoms. The Hall–Kier alpha value is -1.39. The molecule has 0 spiro atoms. The quantitative estimate of drug-likeness (QED) is 0.869. The van der Waals surface area contributed by atoms with E-state index < -0.39 is 0 Å². The van der Waals surface area contributed by atoms with Crippen LogP contribution in [0.2, 0.25) is 0 Å². The molecular weight excluding hydrogens is 336 g/mol. The third-order valence-corrected chi connectivity index (χ3v) is 7.75. The SMILES string of the molecule is O=C(NCCN1CCOCC1)C12C[C@H]3C[C@H](C1)CC(c1ccccc1)(C3)C2. The van der Waals surface area contributed by atoms with Gasteiger partial charge >= 0.3 is 0 Å². The molecule has 1 heterocycles. The van der Waals surface area contributed by atoms with Crippen molar-refractivity contribution in [2.45, 2.75) is 43.9 Å². The van der Waals surface area contributed by atoms with Crippen LogP contribution < -0.4 is 5.32 Å². The van der Waals surface area contributed by atoms with Crippen LogP contribution in [-0.2, 0) is 14.9 Å². The average Bonchev–Trinajstić information content (AvgIpc) is 2.68. The lowest BCUT2D eigenvalue weighted by molar-refractivity contribution is -0.149. The van der Waals surface area contributed by atoms with Gasteiger partial charge in [-0.15, -0.1) is 0 Å². The maximum atomic E-state index is 13.4. The van der Waals surface area contributed by atoms with Crippen molar-refractivity contribution < 1.29 is 9.53 Å². The first-order valence-corrected chi connectivity index (χ1v) is 10.8. The predicted molar refractivity (Wildman–Crippen MR) is 106 cm³/mol. The van der Waals surface area contributed by atoms with Crippen LogP contribution in [0.15, 0.2) is 30.3 Å². The molecule has 6 rings (SSSR count). The second-order valence-corrected chi connectivity index (χ2v) is 9.60. The number of ether oxygens (including phenoxy) is 1. The van der Waals surface area contributed by atoms with Gasteiger partial charge in [-0.3, -0.25) is 9.69 Å². The molecule has 5 fully saturated rings. The molecule has 1 amide bonds. The highest BCUT2D eigenvalue weighted by molar-refractivity contribution is 5.83. The zero-order chi connectivity index (χ0) is 18.3. The van der Waals surface area contributed by atoms with Crippen LogP contribution >= 0.6 is 0 Å². The van der Waals surface area contributed by atoms with Crippen LogP contribution in [0.4, 0.5) is 0 Å². The number of hydrogen-bond acceptors (Lipinski definition) is 3. The van der Waals surface area contributed by atoms with Crippen LogP contribution in [0, 0.1) is 17.3 Å². The fourth-order valence-corrected chi connectivity index (χ4v) is 7.00. The van der Waals surface area contributed by atoms with Crippen molar-refractivity contribution in [3.8, 4) is 0 Å². The van der Waals surface area contributed by atoms with Gasteiger partial charge in [-0.25, -0.2) is 0 Å². The zero-order valence-electron chi connectivity index (χ0n) is 16.3. The molecule has 1 aromatic carbocycles. The Labute approximate surface area is 162 Å². The van der Waals surface area contributed by atoms with Gasteiger partial charge in [-0.05, 0) is 61.3 Å². The monoisotopic (exact) mass is 368 g/mol. The summed E-state index contributed by atoms with van der Waals surface area (Å²) in [6.45, 7) is 5.34. The fourth-order valence-electron chi connectivity index (χ4n) is 7.00. The molecular formula is C23H32N2O2. The van der Waals surface area contributed by atoms with Gasteiger partial charge in [0.1, 0.15) is 0 Å². The predicted octanol–water partition coefficient (Wildman–Crippen LogP) is 2.97. The average molecular weight is 369 g/mol. The number of hydrogen-bond donors (Lipinski definition) is 1. The molecule has 5 aliphatic rings. The first kappa shape index (κ1) is 17.7. The summed E-state index contributed by atoms with van der Waals surface area (Å²) in [6.07, 6.45) is 7.20. The van der Waals surface area contributed by atoms with E-state index in [9.17, 15) is 4.79 Å². The second-order valence-electron chi connectivity index (χ2n) is 9.60. The van der Waals surface area contributed by atoms with E-state index in [1.54, 1.807) is 0 Å². The Bertz CT molecular complexity index is 669. The standard InChI is InChI=1S/C23H32N2O2/c26-21(24-6-7-25-8-10-27-11-9-25)23-15-18-12-19(16-23)14-22(13-18,17-23)20-4-2-1-3-5-20/h1-5,18-19H,6-17H2,(H,24,26)/t18-,19-,22?,23?/m0/s1. The van der Waals surface area contributed by atoms with Gasteiger partial charge in [0.2, 0.25) is 5.91 Å². The Morgan fingerprint density at radius 3 is 2.48 bits per heavy atom. The molecule has 27 heavy (non-hydrogen) atoms. The van der Waals surface area contributed by atoms with E-state index in [2.05, 4.69) is 40.5 Å². The summed E-state index contributed by atoms with van der Waals surface area (Å²) >= 11 is 0. The number of carbonyl (C=O) groups is 1. The number of nitrogens with zero attached hydrogens (tertiary/aromatic N) is 1. The summed E-state index contributed by atoms with van der Waals surface area (Å²) in [6, 6.07) is 11.1. The van der Waals surface area contributed by atoms with E-state index >= 15 is 0 Å². The lowest BCUT2D eigenvalue weighted by atomic mass is 9.42. The molecule has 1 aliphatic heterocycles. The van der Waals surface area contributed by atoms with Crippen molar-refractivity contribution in [2.75, 3.05) is 39.4 Å². The van der Waals surface area contributed by atoms with Gasteiger partial charge in [0.25, 0.3) is 0 Å². The molecule has 1 saturated heterocycles.